The van der Waals surface area contributed by atoms with Gasteiger partial charge in [-0.1, -0.05) is 13.8 Å². The molecule has 1 aliphatic heterocycles. The number of hydrogen-bond donors (Lipinski definition) is 0. The smallest absolute Gasteiger partial charge is 0.471 e. The lowest BCUT2D eigenvalue weighted by molar-refractivity contribution is -0.186. The Hall–Kier alpha value is -3.87. The summed E-state index contributed by atoms with van der Waals surface area (Å²) in [5, 5.41) is 0.412. The predicted molar refractivity (Wildman–Crippen MR) is 198 cm³/mol. The highest BCUT2D eigenvalue weighted by atomic mass is 32.1. The maximum Gasteiger partial charge on any atom is 0.471 e. The summed E-state index contributed by atoms with van der Waals surface area (Å²) in [6.07, 6.45) is -3.37. The van der Waals surface area contributed by atoms with Crippen LogP contribution >= 0.6 is 11.3 Å². The molecule has 1 amide bonds. The van der Waals surface area contributed by atoms with Gasteiger partial charge in [-0.25, -0.2) is 9.97 Å². The van der Waals surface area contributed by atoms with Crippen LogP contribution in [0.2, 0.25) is 0 Å². The van der Waals surface area contributed by atoms with Crippen LogP contribution in [0.4, 0.5) is 13.2 Å². The lowest BCUT2D eigenvalue weighted by Gasteiger charge is -2.33. The van der Waals surface area contributed by atoms with E-state index in [0.29, 0.717) is 81.8 Å². The molecule has 0 unspecified atom stereocenters. The summed E-state index contributed by atoms with van der Waals surface area (Å²) >= 11 is 1.11. The van der Waals surface area contributed by atoms with Gasteiger partial charge in [-0.3, -0.25) is 14.2 Å². The van der Waals surface area contributed by atoms with Crippen molar-refractivity contribution in [3.8, 4) is 11.5 Å². The number of rotatable bonds is 18. The summed E-state index contributed by atoms with van der Waals surface area (Å²) in [7, 11) is 4.63. The number of ether oxygens (including phenoxy) is 7. The first-order chi connectivity index (χ1) is 25.9. The molecule has 0 aliphatic carbocycles. The van der Waals surface area contributed by atoms with Gasteiger partial charge in [0.1, 0.15) is 21.0 Å². The Morgan fingerprint density at radius 1 is 1.00 bits per heavy atom. The molecule has 298 valence electrons. The summed E-state index contributed by atoms with van der Waals surface area (Å²) in [5.41, 5.74) is 1.66. The number of aromatic nitrogens is 3. The second-order valence-electron chi connectivity index (χ2n) is 12.6. The van der Waals surface area contributed by atoms with Gasteiger partial charge in [-0.05, 0) is 31.5 Å². The molecular weight excluding hydrogens is 733 g/mol. The molecule has 54 heavy (non-hydrogen) atoms. The number of alkyl halides is 3. The summed E-state index contributed by atoms with van der Waals surface area (Å²) in [6.45, 7) is 8.93. The summed E-state index contributed by atoms with van der Waals surface area (Å²) in [6, 6.07) is 5.26. The minimum Gasteiger partial charge on any atom is -0.497 e. The van der Waals surface area contributed by atoms with Crippen molar-refractivity contribution in [3.05, 3.63) is 57.3 Å². The van der Waals surface area contributed by atoms with E-state index >= 15 is 0 Å². The number of pyridine rings is 1. The highest BCUT2D eigenvalue weighted by Gasteiger charge is 2.43. The fourth-order valence-electron chi connectivity index (χ4n) is 5.83. The predicted octanol–water partition coefficient (Wildman–Crippen LogP) is 5.54. The molecule has 0 saturated carbocycles. The first-order valence-corrected chi connectivity index (χ1v) is 18.4. The van der Waals surface area contributed by atoms with E-state index in [9.17, 15) is 22.8 Å². The zero-order chi connectivity index (χ0) is 39.5. The molecule has 5 rings (SSSR count). The Labute approximate surface area is 316 Å². The fourth-order valence-corrected chi connectivity index (χ4v) is 6.96. The number of amides is 1. The van der Waals surface area contributed by atoms with Gasteiger partial charge in [0.05, 0.1) is 96.8 Å². The van der Waals surface area contributed by atoms with Gasteiger partial charge in [0.2, 0.25) is 0 Å². The number of fused-ring (bicyclic) bond motifs is 4. The lowest BCUT2D eigenvalue weighted by atomic mass is 9.92. The van der Waals surface area contributed by atoms with Gasteiger partial charge >= 0.3 is 12.1 Å². The van der Waals surface area contributed by atoms with Crippen LogP contribution in [0.3, 0.4) is 0 Å². The molecule has 4 aromatic rings. The van der Waals surface area contributed by atoms with E-state index in [0.717, 1.165) is 11.3 Å². The Kier molecular flexibility index (Phi) is 15.6. The Morgan fingerprint density at radius 2 is 1.67 bits per heavy atom. The van der Waals surface area contributed by atoms with Gasteiger partial charge in [0, 0.05) is 49.2 Å². The molecule has 0 atom stereocenters. The van der Waals surface area contributed by atoms with Crippen LogP contribution in [0.25, 0.3) is 20.4 Å². The minimum atomic E-state index is -5.14. The average molecular weight is 783 g/mol. The number of hydrogen-bond acceptors (Lipinski definition) is 12. The highest BCUT2D eigenvalue weighted by Crippen LogP contribution is 2.39. The van der Waals surface area contributed by atoms with Crippen molar-refractivity contribution in [3.63, 3.8) is 0 Å². The number of methoxy groups -OCH3 is 3. The van der Waals surface area contributed by atoms with Gasteiger partial charge in [0.25, 0.3) is 5.56 Å². The minimum absolute atomic E-state index is 0.0589. The van der Waals surface area contributed by atoms with Crippen LogP contribution in [0.5, 0.6) is 11.5 Å². The van der Waals surface area contributed by atoms with Crippen molar-refractivity contribution in [2.75, 3.05) is 74.1 Å². The number of thiophene rings is 1. The zero-order valence-corrected chi connectivity index (χ0v) is 32.6. The first kappa shape index (κ1) is 42.9. The van der Waals surface area contributed by atoms with Crippen molar-refractivity contribution < 1.29 is 51.1 Å². The summed E-state index contributed by atoms with van der Waals surface area (Å²) < 4.78 is 81.7. The quantitative estimate of drug-likeness (QED) is 0.118. The average Bonchev–Trinajstić information content (AvgIpc) is 3.52. The molecule has 17 heteroatoms. The van der Waals surface area contributed by atoms with E-state index in [1.807, 2.05) is 27.7 Å². The fraction of sp³-hybridized carbons (Fsp3) is 0.568. The molecule has 1 aliphatic rings. The third kappa shape index (κ3) is 10.7. The number of halogens is 3. The van der Waals surface area contributed by atoms with Gasteiger partial charge in [0.15, 0.2) is 0 Å². The Morgan fingerprint density at radius 3 is 2.30 bits per heavy atom. The second kappa shape index (κ2) is 19.6. The van der Waals surface area contributed by atoms with Crippen molar-refractivity contribution in [2.24, 2.45) is 0 Å². The number of carbonyl (C=O) groups is 1. The summed E-state index contributed by atoms with van der Waals surface area (Å²) in [4.78, 5) is 37.4. The normalized spacial score (nSPS) is 13.7. The van der Waals surface area contributed by atoms with Crippen molar-refractivity contribution in [1.82, 2.24) is 19.4 Å². The molecule has 0 N–H and O–H groups in total. The topological polar surface area (TPSA) is 133 Å². The summed E-state index contributed by atoms with van der Waals surface area (Å²) in [5.74, 6) is -0.897. The van der Waals surface area contributed by atoms with Gasteiger partial charge in [-0.15, -0.1) is 11.3 Å². The molecular formula is C37H49F3N4O9S. The van der Waals surface area contributed by atoms with E-state index in [1.54, 1.807) is 32.4 Å². The van der Waals surface area contributed by atoms with E-state index in [1.165, 1.54) is 18.0 Å². The van der Waals surface area contributed by atoms with Crippen LogP contribution in [-0.4, -0.2) is 111 Å². The molecule has 0 radical (unpaired) electrons. The Bertz CT molecular complexity index is 1920. The van der Waals surface area contributed by atoms with Crippen LogP contribution in [0.15, 0.2) is 29.3 Å². The molecule has 13 nitrogen and oxygen atoms in total. The van der Waals surface area contributed by atoms with Crippen molar-refractivity contribution >= 4 is 37.7 Å². The molecule has 4 heterocycles. The van der Waals surface area contributed by atoms with Crippen molar-refractivity contribution in [2.45, 2.75) is 65.6 Å². The highest BCUT2D eigenvalue weighted by molar-refractivity contribution is 7.25. The monoisotopic (exact) mass is 782 g/mol. The molecule has 0 spiro atoms. The van der Waals surface area contributed by atoms with Crippen molar-refractivity contribution in [1.29, 1.82) is 0 Å². The number of carbonyl (C=O) groups excluding carboxylic acids is 1. The van der Waals surface area contributed by atoms with Crippen LogP contribution < -0.4 is 15.0 Å². The third-order valence-electron chi connectivity index (χ3n) is 8.49. The third-order valence-corrected chi connectivity index (χ3v) is 9.55. The molecule has 0 fully saturated rings. The maximum atomic E-state index is 14.0. The van der Waals surface area contributed by atoms with E-state index in [-0.39, 0.29) is 55.3 Å². The number of benzene rings is 1. The molecule has 0 saturated heterocycles. The van der Waals surface area contributed by atoms with Gasteiger partial charge < -0.3 is 38.1 Å². The van der Waals surface area contributed by atoms with Crippen LogP contribution in [0, 0.1) is 0 Å². The second-order valence-corrected chi connectivity index (χ2v) is 13.6. The first-order valence-electron chi connectivity index (χ1n) is 17.6. The van der Waals surface area contributed by atoms with E-state index < -0.39 is 24.2 Å². The van der Waals surface area contributed by atoms with Crippen LogP contribution in [-0.2, 0) is 54.6 Å². The standard InChI is InChI=1S/C35H43F3N4O9S.C2H6/c1-34(2)17-26-25(20-51-34)24(19-41(33(44)35(36,37)38)8-9-48-12-13-50-15-14-49-11-10-45-3)28-29-30(52-31(28)40-26)32(43)42(21-39-29)18-22-6-7-23(46-4)16-27(22)47-5;1-2/h6-7,16,21H,8-15,17-20H2,1-5H3;1-2H3. The van der Waals surface area contributed by atoms with Gasteiger partial charge in [-0.2, -0.15) is 13.2 Å². The maximum absolute atomic E-state index is 14.0. The molecule has 1 aromatic carbocycles. The van der Waals surface area contributed by atoms with E-state index in [4.69, 9.17) is 38.1 Å². The Balaban J connectivity index is 0.00000319. The number of nitrogens with zero attached hydrogens (tertiary/aromatic N) is 4. The molecule has 3 aromatic heterocycles. The SMILES string of the molecule is CC.COCCOCCOCCOCCN(Cc1c2c(nc3sc4c(=O)n(Cc5ccc(OC)cc5OC)cnc4c13)CC(C)(C)OC2)C(=O)C(F)(F)F. The molecule has 0 bridgehead atoms. The zero-order valence-electron chi connectivity index (χ0n) is 31.8. The lowest BCUT2D eigenvalue weighted by Crippen LogP contribution is -2.43. The largest absolute Gasteiger partial charge is 0.497 e. The van der Waals surface area contributed by atoms with Crippen LogP contribution in [0.1, 0.15) is 50.1 Å². The van der Waals surface area contributed by atoms with E-state index in [2.05, 4.69) is 4.98 Å².